The van der Waals surface area contributed by atoms with E-state index in [1.54, 1.807) is 43.2 Å². The molecule has 0 saturated carbocycles. The van der Waals surface area contributed by atoms with Gasteiger partial charge in [-0.25, -0.2) is 0 Å². The Balaban J connectivity index is 0.00000375. The molecular formula is C47H68N4O12S4. The summed E-state index contributed by atoms with van der Waals surface area (Å²) in [6.07, 6.45) is 10.5. The van der Waals surface area contributed by atoms with Gasteiger partial charge in [-0.3, -0.25) is 67.3 Å². The number of Topliss-reactive ketones (excluding diaryl/α,β-unsaturated/α-hetero) is 2. The summed E-state index contributed by atoms with van der Waals surface area (Å²) in [5.74, 6) is -2.62. The molecule has 2 unspecified atom stereocenters. The van der Waals surface area contributed by atoms with E-state index >= 15 is 0 Å². The summed E-state index contributed by atoms with van der Waals surface area (Å²) >= 11 is 0. The third kappa shape index (κ3) is 21.5. The number of amides is 6. The van der Waals surface area contributed by atoms with Crippen LogP contribution in [0.2, 0.25) is 0 Å². The fourth-order valence-electron chi connectivity index (χ4n) is 7.50. The highest BCUT2D eigenvalue weighted by atomic mass is 33.1. The van der Waals surface area contributed by atoms with Crippen LogP contribution < -0.4 is 10.6 Å². The summed E-state index contributed by atoms with van der Waals surface area (Å²) < 4.78 is 0. The van der Waals surface area contributed by atoms with Gasteiger partial charge in [0.2, 0.25) is 35.4 Å². The van der Waals surface area contributed by atoms with Crippen LogP contribution in [0.5, 0.6) is 0 Å². The molecule has 4 rings (SSSR count). The zero-order chi connectivity index (χ0) is 48.4. The molecule has 0 aromatic carbocycles. The van der Waals surface area contributed by atoms with E-state index in [-0.39, 0.29) is 142 Å². The van der Waals surface area contributed by atoms with E-state index in [0.717, 1.165) is 21.3 Å². The summed E-state index contributed by atoms with van der Waals surface area (Å²) in [6, 6.07) is 0. The fourth-order valence-corrected chi connectivity index (χ4v) is 11.5. The van der Waals surface area contributed by atoms with Crippen molar-refractivity contribution in [3.8, 4) is 0 Å². The first kappa shape index (κ1) is 59.2. The van der Waals surface area contributed by atoms with Crippen molar-refractivity contribution in [2.24, 2.45) is 23.7 Å². The molecule has 0 bridgehead atoms. The van der Waals surface area contributed by atoms with Crippen molar-refractivity contribution in [3.05, 3.63) is 24.3 Å². The van der Waals surface area contributed by atoms with Crippen molar-refractivity contribution in [2.45, 2.75) is 124 Å². The molecular weight excluding hydrogens is 941 g/mol. The number of hydrogen-bond donors (Lipinski definition) is 2. The highest BCUT2D eigenvalue weighted by Crippen LogP contribution is 2.30. The standard InChI is InChI=1S/C43H56N4O12S4.C3H8.CH4/c48-30(8-10-32-34(50)12-13-35(32)51)6-2-22-60-62-24-18-44-38(54)16-20-46-40(56)26-28(42(46)58)4-1-5-29-27-41(57)47(43(29)59)21-17-39(55)45-19-25-63-61-23-3-7-31(49)9-11-33-36(52)14-15-37(33)53;1-3-2;/h12-15,28-29,32-33H,1-11,16-27H2,(H,44,54)(H,45,55);3H2,1-2H3;1H4. The Morgan fingerprint density at radius 2 is 0.851 bits per heavy atom. The van der Waals surface area contributed by atoms with E-state index in [1.165, 1.54) is 30.7 Å². The largest absolute Gasteiger partial charge is 0.355 e. The SMILES string of the molecule is C.CCC.O=C(CCCSSCCNC(=O)CCN1C(=O)CC(CCCC2CC(=O)N(CCC(=O)NCCSSCCCC(=O)CCC3C(=O)C=CC3=O)C2=O)C1=O)CCC1C(=O)C=CC1=O. The Hall–Kier alpha value is -3.88. The van der Waals surface area contributed by atoms with Gasteiger partial charge in [-0.1, -0.05) is 77.3 Å². The van der Waals surface area contributed by atoms with Crippen molar-refractivity contribution < 1.29 is 57.5 Å². The lowest BCUT2D eigenvalue weighted by Gasteiger charge is -2.16. The monoisotopic (exact) mass is 1010 g/mol. The summed E-state index contributed by atoms with van der Waals surface area (Å²) in [5.41, 5.74) is 0. The Kier molecular flexibility index (Phi) is 29.0. The van der Waals surface area contributed by atoms with Crippen LogP contribution in [0.1, 0.15) is 124 Å². The van der Waals surface area contributed by atoms with E-state index in [4.69, 9.17) is 0 Å². The van der Waals surface area contributed by atoms with Crippen LogP contribution >= 0.6 is 43.2 Å². The number of imide groups is 2. The smallest absolute Gasteiger partial charge is 0.232 e. The third-order valence-corrected chi connectivity index (χ3v) is 16.1. The molecule has 2 aliphatic heterocycles. The Morgan fingerprint density at radius 3 is 1.21 bits per heavy atom. The zero-order valence-electron chi connectivity index (χ0n) is 38.0. The number of carbonyl (C=O) groups excluding carboxylic acids is 12. The van der Waals surface area contributed by atoms with E-state index in [9.17, 15) is 57.5 Å². The molecule has 2 atom stereocenters. The van der Waals surface area contributed by atoms with E-state index < -0.39 is 23.7 Å². The zero-order valence-corrected chi connectivity index (χ0v) is 41.3. The first-order valence-electron chi connectivity index (χ1n) is 22.9. The maximum Gasteiger partial charge on any atom is 0.232 e. The average molecular weight is 1010 g/mol. The van der Waals surface area contributed by atoms with Gasteiger partial charge >= 0.3 is 0 Å². The lowest BCUT2D eigenvalue weighted by molar-refractivity contribution is -0.141. The summed E-state index contributed by atoms with van der Waals surface area (Å²) in [4.78, 5) is 149. The molecule has 2 aliphatic carbocycles. The molecule has 2 saturated heterocycles. The van der Waals surface area contributed by atoms with Gasteiger partial charge in [0, 0.05) is 112 Å². The van der Waals surface area contributed by atoms with Crippen molar-refractivity contribution >= 4 is 113 Å². The minimum absolute atomic E-state index is 0. The second kappa shape index (κ2) is 32.8. The minimum atomic E-state index is -0.708. The van der Waals surface area contributed by atoms with E-state index in [1.807, 2.05) is 0 Å². The molecule has 2 fully saturated rings. The lowest BCUT2D eigenvalue weighted by atomic mass is 9.94. The Morgan fingerprint density at radius 1 is 0.507 bits per heavy atom. The van der Waals surface area contributed by atoms with Crippen molar-refractivity contribution in [1.82, 2.24) is 20.4 Å². The molecule has 4 aliphatic rings. The molecule has 2 N–H and O–H groups in total. The second-order valence-electron chi connectivity index (χ2n) is 16.4. The van der Waals surface area contributed by atoms with Crippen molar-refractivity contribution in [2.75, 3.05) is 49.2 Å². The molecule has 0 spiro atoms. The van der Waals surface area contributed by atoms with E-state index in [2.05, 4.69) is 24.5 Å². The highest BCUT2D eigenvalue weighted by Gasteiger charge is 2.40. The van der Waals surface area contributed by atoms with Crippen molar-refractivity contribution in [3.63, 3.8) is 0 Å². The molecule has 67 heavy (non-hydrogen) atoms. The molecule has 6 amide bonds. The quantitative estimate of drug-likeness (QED) is 0.0359. The van der Waals surface area contributed by atoms with Gasteiger partial charge in [0.25, 0.3) is 0 Å². The van der Waals surface area contributed by atoms with Crippen LogP contribution in [0.3, 0.4) is 0 Å². The van der Waals surface area contributed by atoms with Gasteiger partial charge in [-0.2, -0.15) is 0 Å². The van der Waals surface area contributed by atoms with Crippen LogP contribution in [0.25, 0.3) is 0 Å². The van der Waals surface area contributed by atoms with Gasteiger partial charge in [0.05, 0.1) is 11.8 Å². The summed E-state index contributed by atoms with van der Waals surface area (Å²) in [5, 5.41) is 5.57. The average Bonchev–Trinajstić information content (AvgIpc) is 3.96. The van der Waals surface area contributed by atoms with Gasteiger partial charge < -0.3 is 10.6 Å². The van der Waals surface area contributed by atoms with Gasteiger partial charge in [0.15, 0.2) is 23.1 Å². The minimum Gasteiger partial charge on any atom is -0.355 e. The predicted molar refractivity (Wildman–Crippen MR) is 264 cm³/mol. The maximum absolute atomic E-state index is 13.0. The van der Waals surface area contributed by atoms with Crippen LogP contribution in [0.4, 0.5) is 0 Å². The first-order valence-corrected chi connectivity index (χ1v) is 27.9. The lowest BCUT2D eigenvalue weighted by Crippen LogP contribution is -2.35. The third-order valence-electron chi connectivity index (χ3n) is 11.1. The number of carbonyl (C=O) groups is 12. The number of ketones is 6. The number of nitrogens with zero attached hydrogens (tertiary/aromatic N) is 2. The number of allylic oxidation sites excluding steroid dienone is 4. The normalized spacial score (nSPS) is 18.3. The summed E-state index contributed by atoms with van der Waals surface area (Å²) in [7, 11) is 6.26. The second-order valence-corrected chi connectivity index (χ2v) is 21.8. The number of nitrogens with one attached hydrogen (secondary N) is 2. The molecule has 0 radical (unpaired) electrons. The Labute approximate surface area is 410 Å². The molecule has 0 aromatic heterocycles. The summed E-state index contributed by atoms with van der Waals surface area (Å²) in [6.45, 7) is 5.00. The highest BCUT2D eigenvalue weighted by molar-refractivity contribution is 8.77. The topological polar surface area (TPSA) is 235 Å². The van der Waals surface area contributed by atoms with Crippen LogP contribution in [-0.4, -0.2) is 129 Å². The van der Waals surface area contributed by atoms with Crippen LogP contribution in [0, 0.1) is 23.7 Å². The van der Waals surface area contributed by atoms with Crippen molar-refractivity contribution in [1.29, 1.82) is 0 Å². The molecule has 0 aromatic rings. The predicted octanol–water partition coefficient (Wildman–Crippen LogP) is 5.64. The number of hydrogen-bond acceptors (Lipinski definition) is 16. The van der Waals surface area contributed by atoms with E-state index in [0.29, 0.717) is 69.5 Å². The van der Waals surface area contributed by atoms with Crippen LogP contribution in [-0.2, 0) is 57.5 Å². The molecule has 20 heteroatoms. The maximum atomic E-state index is 13.0. The number of rotatable bonds is 32. The fraction of sp³-hybridized carbons (Fsp3) is 0.660. The molecule has 2 heterocycles. The molecule has 372 valence electrons. The number of likely N-dealkylation sites (tertiary alicyclic amines) is 2. The van der Waals surface area contributed by atoms with Gasteiger partial charge in [-0.05, 0) is 62.8 Å². The first-order chi connectivity index (χ1) is 31.7. The van der Waals surface area contributed by atoms with Gasteiger partial charge in [0.1, 0.15) is 11.6 Å². The molecule has 16 nitrogen and oxygen atoms in total. The van der Waals surface area contributed by atoms with Gasteiger partial charge in [-0.15, -0.1) is 0 Å². The van der Waals surface area contributed by atoms with Crippen LogP contribution in [0.15, 0.2) is 24.3 Å². The Bertz CT molecular complexity index is 1690.